The number of hydrogen-bond acceptors (Lipinski definition) is 3. The van der Waals surface area contributed by atoms with Crippen LogP contribution in [0.4, 0.5) is 0 Å². The molecule has 0 saturated carbocycles. The van der Waals surface area contributed by atoms with Gasteiger partial charge in [-0.2, -0.15) is 0 Å². The van der Waals surface area contributed by atoms with Crippen LogP contribution in [0.5, 0.6) is 0 Å². The molecule has 0 atom stereocenters. The van der Waals surface area contributed by atoms with Crippen molar-refractivity contribution >= 4 is 11.9 Å². The summed E-state index contributed by atoms with van der Waals surface area (Å²) >= 11 is 0. The van der Waals surface area contributed by atoms with Crippen molar-refractivity contribution in [1.82, 2.24) is 0 Å². The number of aliphatic carboxylic acids is 1. The average molecular weight is 785 g/mol. The highest BCUT2D eigenvalue weighted by molar-refractivity contribution is 5.69. The molecule has 0 rings (SSSR count). The van der Waals surface area contributed by atoms with Gasteiger partial charge in [0.15, 0.2) is 0 Å². The van der Waals surface area contributed by atoms with Crippen molar-refractivity contribution in [2.75, 3.05) is 6.61 Å². The van der Waals surface area contributed by atoms with Gasteiger partial charge in [-0.05, 0) is 92.1 Å². The number of carbonyl (C=O) groups is 2. The normalized spacial score (nSPS) is 12.0. The van der Waals surface area contributed by atoms with Crippen LogP contribution >= 0.6 is 0 Å². The standard InChI is InChI=1S/C36H64O2.C16H32O2/c1-7-8-9-10-11-12-13-14-15-16-17-18-19-29-36(37)38-31-30-35(6)28-22-27-34(5)26-21-25-33(4)24-20-23-32(2)3;1-2-3-4-5-6-7-8-9-10-11-12-13-14-15-16(17)18/h23,25,27,30H,7-22,24,26,28-29,31H2,1-6H3;2-15H2,1H3,(H,17,18)/b33-25+,34-27+,35-30+;. The molecule has 0 aromatic carbocycles. The van der Waals surface area contributed by atoms with Crippen molar-refractivity contribution < 1.29 is 19.4 Å². The lowest BCUT2D eigenvalue weighted by Crippen LogP contribution is -2.04. The molecule has 0 aliphatic heterocycles. The first kappa shape index (κ1) is 56.0. The average Bonchev–Trinajstić information content (AvgIpc) is 3.15. The summed E-state index contributed by atoms with van der Waals surface area (Å²) in [6, 6.07) is 0. The Hall–Kier alpha value is -2.10. The maximum Gasteiger partial charge on any atom is 0.306 e. The van der Waals surface area contributed by atoms with E-state index in [1.54, 1.807) is 0 Å². The molecule has 56 heavy (non-hydrogen) atoms. The van der Waals surface area contributed by atoms with Crippen LogP contribution in [0.25, 0.3) is 0 Å². The number of carbonyl (C=O) groups excluding carboxylic acids is 1. The first-order valence-corrected chi connectivity index (χ1v) is 24.1. The van der Waals surface area contributed by atoms with E-state index in [1.807, 2.05) is 0 Å². The Balaban J connectivity index is 0. The molecule has 328 valence electrons. The summed E-state index contributed by atoms with van der Waals surface area (Å²) in [4.78, 5) is 22.3. The van der Waals surface area contributed by atoms with Crippen LogP contribution in [0.3, 0.4) is 0 Å². The molecule has 0 aliphatic carbocycles. The van der Waals surface area contributed by atoms with Gasteiger partial charge in [-0.1, -0.05) is 208 Å². The lowest BCUT2D eigenvalue weighted by Gasteiger charge is -2.05. The first-order chi connectivity index (χ1) is 27.1. The first-order valence-electron chi connectivity index (χ1n) is 24.1. The Morgan fingerprint density at radius 2 is 0.696 bits per heavy atom. The minimum atomic E-state index is -0.655. The zero-order valence-corrected chi connectivity index (χ0v) is 38.7. The molecular weight excluding hydrogens is 689 g/mol. The van der Waals surface area contributed by atoms with Crippen LogP contribution < -0.4 is 0 Å². The number of unbranched alkanes of at least 4 members (excludes halogenated alkanes) is 24. The van der Waals surface area contributed by atoms with E-state index in [9.17, 15) is 9.59 Å². The van der Waals surface area contributed by atoms with Crippen LogP contribution in [-0.2, 0) is 14.3 Å². The largest absolute Gasteiger partial charge is 0.481 e. The Morgan fingerprint density at radius 3 is 1.04 bits per heavy atom. The maximum absolute atomic E-state index is 12.0. The van der Waals surface area contributed by atoms with E-state index >= 15 is 0 Å². The fourth-order valence-corrected chi connectivity index (χ4v) is 6.92. The van der Waals surface area contributed by atoms with Gasteiger partial charge in [0.25, 0.3) is 0 Å². The van der Waals surface area contributed by atoms with Crippen molar-refractivity contribution in [2.24, 2.45) is 0 Å². The SMILES string of the molecule is CCCCCCCCCCCCCCCC(=O)O.CCCCCCCCCCCCCCCC(=O)OC/C=C(\C)CC/C=C(\C)CC/C=C(\C)CCC=C(C)C. The van der Waals surface area contributed by atoms with Crippen molar-refractivity contribution in [1.29, 1.82) is 0 Å². The van der Waals surface area contributed by atoms with Crippen molar-refractivity contribution in [3.8, 4) is 0 Å². The molecule has 0 fully saturated rings. The molecule has 0 radical (unpaired) electrons. The van der Waals surface area contributed by atoms with E-state index in [2.05, 4.69) is 72.8 Å². The van der Waals surface area contributed by atoms with Crippen LogP contribution in [-0.4, -0.2) is 23.7 Å². The molecule has 1 N–H and O–H groups in total. The van der Waals surface area contributed by atoms with Gasteiger partial charge >= 0.3 is 11.9 Å². The van der Waals surface area contributed by atoms with Gasteiger partial charge in [-0.25, -0.2) is 0 Å². The molecule has 0 aromatic rings. The summed E-state index contributed by atoms with van der Waals surface area (Å²) in [5.74, 6) is -0.699. The summed E-state index contributed by atoms with van der Waals surface area (Å²) in [5.41, 5.74) is 5.68. The van der Waals surface area contributed by atoms with Gasteiger partial charge in [-0.3, -0.25) is 9.59 Å². The van der Waals surface area contributed by atoms with Gasteiger partial charge < -0.3 is 9.84 Å². The zero-order valence-electron chi connectivity index (χ0n) is 38.7. The van der Waals surface area contributed by atoms with Crippen molar-refractivity contribution in [3.63, 3.8) is 0 Å². The minimum Gasteiger partial charge on any atom is -0.481 e. The second-order valence-corrected chi connectivity index (χ2v) is 17.1. The minimum absolute atomic E-state index is 0.0444. The van der Waals surface area contributed by atoms with Crippen molar-refractivity contribution in [2.45, 2.75) is 267 Å². The van der Waals surface area contributed by atoms with Crippen LogP contribution in [0, 0.1) is 0 Å². The molecule has 0 spiro atoms. The number of allylic oxidation sites excluding steroid dienone is 7. The third-order valence-electron chi connectivity index (χ3n) is 10.8. The topological polar surface area (TPSA) is 63.6 Å². The molecular formula is C52H96O4. The van der Waals surface area contributed by atoms with Crippen LogP contribution in [0.15, 0.2) is 46.6 Å². The summed E-state index contributed by atoms with van der Waals surface area (Å²) in [6.45, 7) is 15.9. The maximum atomic E-state index is 12.0. The lowest BCUT2D eigenvalue weighted by atomic mass is 10.0. The molecule has 4 nitrogen and oxygen atoms in total. The summed E-state index contributed by atoms with van der Waals surface area (Å²) in [6.07, 6.45) is 50.9. The number of carboxylic acid groups (broad SMARTS) is 1. The fourth-order valence-electron chi connectivity index (χ4n) is 6.92. The van der Waals surface area contributed by atoms with E-state index in [0.717, 1.165) is 57.8 Å². The van der Waals surface area contributed by atoms with E-state index < -0.39 is 5.97 Å². The van der Waals surface area contributed by atoms with Gasteiger partial charge in [-0.15, -0.1) is 0 Å². The van der Waals surface area contributed by atoms with E-state index in [1.165, 1.54) is 170 Å². The third kappa shape index (κ3) is 49.9. The lowest BCUT2D eigenvalue weighted by molar-refractivity contribution is -0.142. The molecule has 0 aliphatic rings. The monoisotopic (exact) mass is 785 g/mol. The van der Waals surface area contributed by atoms with Gasteiger partial charge in [0, 0.05) is 12.8 Å². The number of esters is 1. The molecule has 0 saturated heterocycles. The predicted octanol–water partition coefficient (Wildman–Crippen LogP) is 17.7. The molecule has 0 aromatic heterocycles. The smallest absolute Gasteiger partial charge is 0.306 e. The second kappa shape index (κ2) is 45.6. The Kier molecular flexibility index (Phi) is 45.6. The van der Waals surface area contributed by atoms with Gasteiger partial charge in [0.2, 0.25) is 0 Å². The Morgan fingerprint density at radius 1 is 0.393 bits per heavy atom. The molecule has 4 heteroatoms. The number of carboxylic acids is 1. The Labute approximate surface area is 350 Å². The van der Waals surface area contributed by atoms with Gasteiger partial charge in [0.05, 0.1) is 0 Å². The van der Waals surface area contributed by atoms with Crippen molar-refractivity contribution in [3.05, 3.63) is 46.6 Å². The predicted molar refractivity (Wildman–Crippen MR) is 248 cm³/mol. The summed E-state index contributed by atoms with van der Waals surface area (Å²) in [5, 5.41) is 8.49. The van der Waals surface area contributed by atoms with E-state index in [4.69, 9.17) is 9.84 Å². The second-order valence-electron chi connectivity index (χ2n) is 17.1. The van der Waals surface area contributed by atoms with E-state index in [-0.39, 0.29) is 5.97 Å². The highest BCUT2D eigenvalue weighted by Gasteiger charge is 2.02. The quantitative estimate of drug-likeness (QED) is 0.0383. The highest BCUT2D eigenvalue weighted by atomic mass is 16.5. The van der Waals surface area contributed by atoms with E-state index in [0.29, 0.717) is 19.4 Å². The molecule has 0 bridgehead atoms. The Bertz CT molecular complexity index is 996. The highest BCUT2D eigenvalue weighted by Crippen LogP contribution is 2.16. The molecule has 0 unspecified atom stereocenters. The number of hydrogen-bond donors (Lipinski definition) is 1. The molecule has 0 amide bonds. The van der Waals surface area contributed by atoms with Crippen LogP contribution in [0.2, 0.25) is 0 Å². The van der Waals surface area contributed by atoms with Gasteiger partial charge in [0.1, 0.15) is 6.61 Å². The fraction of sp³-hybridized carbons (Fsp3) is 0.808. The number of rotatable bonds is 39. The summed E-state index contributed by atoms with van der Waals surface area (Å²) in [7, 11) is 0. The zero-order chi connectivity index (χ0) is 41.7. The number of ether oxygens (including phenoxy) is 1. The van der Waals surface area contributed by atoms with Crippen LogP contribution in [0.1, 0.15) is 267 Å². The molecule has 0 heterocycles. The summed E-state index contributed by atoms with van der Waals surface area (Å²) < 4.78 is 5.42. The third-order valence-corrected chi connectivity index (χ3v) is 10.8.